The lowest BCUT2D eigenvalue weighted by molar-refractivity contribution is 0.444. The van der Waals surface area contributed by atoms with Gasteiger partial charge in [-0.1, -0.05) is 136 Å². The number of hydrogen-bond donors (Lipinski definition) is 0. The molecule has 0 heterocycles. The molecule has 10 rings (SSSR count). The molecule has 226 valence electrons. The molecule has 0 heteroatoms. The van der Waals surface area contributed by atoms with E-state index in [0.29, 0.717) is 11.8 Å². The van der Waals surface area contributed by atoms with Gasteiger partial charge in [-0.2, -0.15) is 0 Å². The molecule has 0 bridgehead atoms. The van der Waals surface area contributed by atoms with E-state index in [9.17, 15) is 0 Å². The third kappa shape index (κ3) is 3.92. The highest BCUT2D eigenvalue weighted by Gasteiger charge is 2.34. The Balaban J connectivity index is 1.36. The van der Waals surface area contributed by atoms with E-state index in [1.807, 2.05) is 0 Å². The minimum atomic E-state index is 0.644. The molecule has 2 saturated carbocycles. The Morgan fingerprint density at radius 1 is 0.348 bits per heavy atom. The molecule has 0 nitrogen and oxygen atoms in total. The highest BCUT2D eigenvalue weighted by Crippen LogP contribution is 2.60. The average Bonchev–Trinajstić information content (AvgIpc) is 3.70. The number of rotatable bonds is 4. The third-order valence-corrected chi connectivity index (χ3v) is 12.3. The van der Waals surface area contributed by atoms with E-state index in [1.54, 1.807) is 27.6 Å². The Bertz CT molecular complexity index is 2020. The van der Waals surface area contributed by atoms with Crippen LogP contribution < -0.4 is 0 Å². The minimum absolute atomic E-state index is 0.644. The maximum Gasteiger partial charge on any atom is -0.000731 e. The fraction of sp³-hybridized carbons (Fsp3) is 0.304. The van der Waals surface area contributed by atoms with Gasteiger partial charge in [0, 0.05) is 0 Å². The highest BCUT2D eigenvalue weighted by molar-refractivity contribution is 6.28. The Hall–Kier alpha value is -4.16. The van der Waals surface area contributed by atoms with Gasteiger partial charge < -0.3 is 0 Å². The van der Waals surface area contributed by atoms with Crippen LogP contribution in [0.2, 0.25) is 0 Å². The summed E-state index contributed by atoms with van der Waals surface area (Å²) in [7, 11) is 0. The van der Waals surface area contributed by atoms with Gasteiger partial charge in [-0.15, -0.1) is 0 Å². The lowest BCUT2D eigenvalue weighted by atomic mass is 9.75. The van der Waals surface area contributed by atoms with Crippen LogP contribution in [0.3, 0.4) is 0 Å². The van der Waals surface area contributed by atoms with E-state index >= 15 is 0 Å². The van der Waals surface area contributed by atoms with E-state index in [4.69, 9.17) is 0 Å². The van der Waals surface area contributed by atoms with E-state index in [2.05, 4.69) is 97.1 Å². The Labute approximate surface area is 273 Å². The van der Waals surface area contributed by atoms with Gasteiger partial charge in [0.05, 0.1) is 0 Å². The topological polar surface area (TPSA) is 0 Å². The largest absolute Gasteiger partial charge is 0.0619 e. The Kier molecular flexibility index (Phi) is 6.28. The van der Waals surface area contributed by atoms with Crippen molar-refractivity contribution in [3.63, 3.8) is 0 Å². The van der Waals surface area contributed by atoms with E-state index < -0.39 is 0 Å². The Morgan fingerprint density at radius 2 is 0.783 bits per heavy atom. The first-order chi connectivity index (χ1) is 22.9. The number of fused-ring (bicyclic) bond motifs is 4. The zero-order chi connectivity index (χ0) is 30.2. The van der Waals surface area contributed by atoms with Gasteiger partial charge in [-0.05, 0) is 139 Å². The predicted molar refractivity (Wildman–Crippen MR) is 196 cm³/mol. The lowest BCUT2D eigenvalue weighted by Crippen LogP contribution is -2.07. The molecule has 4 aliphatic carbocycles. The average molecular weight is 595 g/mol. The quantitative estimate of drug-likeness (QED) is 0.190. The molecule has 0 atom stereocenters. The van der Waals surface area contributed by atoms with Crippen molar-refractivity contribution in [1.82, 2.24) is 0 Å². The molecule has 46 heavy (non-hydrogen) atoms. The maximum atomic E-state index is 2.50. The molecule has 0 unspecified atom stereocenters. The van der Waals surface area contributed by atoms with Gasteiger partial charge in [0.2, 0.25) is 0 Å². The van der Waals surface area contributed by atoms with Crippen LogP contribution >= 0.6 is 0 Å². The number of aryl methyl sites for hydroxylation is 2. The number of benzene rings is 6. The van der Waals surface area contributed by atoms with Crippen molar-refractivity contribution in [2.75, 3.05) is 0 Å². The van der Waals surface area contributed by atoms with Gasteiger partial charge in [0.1, 0.15) is 0 Å². The van der Waals surface area contributed by atoms with Crippen LogP contribution in [0.15, 0.2) is 97.1 Å². The molecule has 0 radical (unpaired) electrons. The van der Waals surface area contributed by atoms with Gasteiger partial charge in [0.25, 0.3) is 0 Å². The standard InChI is InChI=1S/C46H42/c1-3-13-29(14-4-1)33-17-7-9-19-35(33)42-37-21-11-12-22-38(37)43(36-20-10-8-18-34(36)30-15-5-2-6-16-30)46-40-28-26-32-24-23-31-25-27-39(45(42)46)44(40)41(31)32/h7-12,17-22,25-30H,1-6,13-16,23-24H2. The van der Waals surface area contributed by atoms with Crippen LogP contribution in [-0.2, 0) is 12.8 Å². The molecule has 0 spiro atoms. The summed E-state index contributed by atoms with van der Waals surface area (Å²) in [6.07, 6.45) is 15.8. The highest BCUT2D eigenvalue weighted by atomic mass is 14.4. The van der Waals surface area contributed by atoms with Gasteiger partial charge in [-0.25, -0.2) is 0 Å². The van der Waals surface area contributed by atoms with Crippen LogP contribution in [0.5, 0.6) is 0 Å². The molecule has 0 N–H and O–H groups in total. The van der Waals surface area contributed by atoms with Crippen molar-refractivity contribution in [3.05, 3.63) is 119 Å². The third-order valence-electron chi connectivity index (χ3n) is 12.3. The van der Waals surface area contributed by atoms with Crippen molar-refractivity contribution in [3.8, 4) is 44.5 Å². The fourth-order valence-corrected chi connectivity index (χ4v) is 10.3. The molecular weight excluding hydrogens is 553 g/mol. The first kappa shape index (κ1) is 27.0. The smallest absolute Gasteiger partial charge is 0.000731 e. The summed E-state index contributed by atoms with van der Waals surface area (Å²) in [4.78, 5) is 0. The summed E-state index contributed by atoms with van der Waals surface area (Å²) >= 11 is 0. The van der Waals surface area contributed by atoms with Crippen molar-refractivity contribution in [2.45, 2.75) is 88.9 Å². The normalized spacial score (nSPS) is 17.7. The molecule has 0 aliphatic heterocycles. The van der Waals surface area contributed by atoms with Crippen molar-refractivity contribution in [1.29, 1.82) is 0 Å². The fourth-order valence-electron chi connectivity index (χ4n) is 10.3. The first-order valence-corrected chi connectivity index (χ1v) is 18.2. The van der Waals surface area contributed by atoms with Crippen LogP contribution in [0, 0.1) is 0 Å². The van der Waals surface area contributed by atoms with Crippen LogP contribution in [0.4, 0.5) is 0 Å². The summed E-state index contributed by atoms with van der Waals surface area (Å²) < 4.78 is 0. The molecule has 2 fully saturated rings. The van der Waals surface area contributed by atoms with Gasteiger partial charge >= 0.3 is 0 Å². The van der Waals surface area contributed by atoms with E-state index in [-0.39, 0.29) is 0 Å². The lowest BCUT2D eigenvalue weighted by Gasteiger charge is -2.28. The summed E-state index contributed by atoms with van der Waals surface area (Å²) in [6.45, 7) is 0. The molecule has 0 amide bonds. The minimum Gasteiger partial charge on any atom is -0.0619 e. The van der Waals surface area contributed by atoms with Gasteiger partial charge in [-0.3, -0.25) is 0 Å². The predicted octanol–water partition coefficient (Wildman–Crippen LogP) is 13.2. The maximum absolute atomic E-state index is 2.50. The van der Waals surface area contributed by atoms with Gasteiger partial charge in [0.15, 0.2) is 0 Å². The zero-order valence-electron chi connectivity index (χ0n) is 26.9. The van der Waals surface area contributed by atoms with E-state index in [1.165, 1.54) is 138 Å². The second-order valence-corrected chi connectivity index (χ2v) is 14.7. The summed E-state index contributed by atoms with van der Waals surface area (Å²) in [6, 6.07) is 38.4. The molecular formula is C46H42. The van der Waals surface area contributed by atoms with Crippen molar-refractivity contribution >= 4 is 21.5 Å². The number of hydrogen-bond acceptors (Lipinski definition) is 0. The molecule has 0 aromatic heterocycles. The second kappa shape index (κ2) is 10.7. The van der Waals surface area contributed by atoms with E-state index in [0.717, 1.165) is 0 Å². The summed E-state index contributed by atoms with van der Waals surface area (Å²) in [5.74, 6) is 1.29. The summed E-state index contributed by atoms with van der Waals surface area (Å²) in [5, 5.41) is 5.90. The molecule has 0 saturated heterocycles. The van der Waals surface area contributed by atoms with Crippen molar-refractivity contribution in [2.24, 2.45) is 0 Å². The zero-order valence-corrected chi connectivity index (χ0v) is 26.9. The molecule has 6 aromatic rings. The summed E-state index contributed by atoms with van der Waals surface area (Å²) in [5.41, 5.74) is 18.0. The van der Waals surface area contributed by atoms with Crippen LogP contribution in [-0.4, -0.2) is 0 Å². The SMILES string of the molecule is c1ccc(C2CCCCC2)c(-c2c3c(c(-c4ccccc4C4CCCCC4)c4ccccc24)-c2ccc4c5c(ccc-3c25)CC4)c1. The monoisotopic (exact) mass is 594 g/mol. The molecule has 6 aromatic carbocycles. The van der Waals surface area contributed by atoms with Crippen LogP contribution in [0.25, 0.3) is 66.1 Å². The van der Waals surface area contributed by atoms with Crippen LogP contribution in [0.1, 0.15) is 98.3 Å². The second-order valence-electron chi connectivity index (χ2n) is 14.7. The Morgan fingerprint density at radius 3 is 1.26 bits per heavy atom. The molecule has 4 aliphatic rings. The van der Waals surface area contributed by atoms with Crippen molar-refractivity contribution < 1.29 is 0 Å². The first-order valence-electron chi connectivity index (χ1n) is 18.2.